The topological polar surface area (TPSA) is 41.9 Å². The van der Waals surface area contributed by atoms with E-state index < -0.39 is 0 Å². The van der Waals surface area contributed by atoms with Gasteiger partial charge in [-0.15, -0.1) is 0 Å². The Hall–Kier alpha value is -1.99. The fourth-order valence-corrected chi connectivity index (χ4v) is 3.73. The first kappa shape index (κ1) is 16.5. The zero-order valence-electron chi connectivity index (χ0n) is 13.3. The van der Waals surface area contributed by atoms with Gasteiger partial charge in [0.2, 0.25) is 0 Å². The van der Waals surface area contributed by atoms with Crippen molar-refractivity contribution in [3.63, 3.8) is 0 Å². The Bertz CT molecular complexity index is 919. The van der Waals surface area contributed by atoms with Gasteiger partial charge in [0.1, 0.15) is 5.69 Å². The predicted molar refractivity (Wildman–Crippen MR) is 112 cm³/mol. The van der Waals surface area contributed by atoms with E-state index in [1.807, 2.05) is 53.2 Å². The molecule has 6 heteroatoms. The Morgan fingerprint density at radius 2 is 1.56 bits per heavy atom. The second-order valence-electron chi connectivity index (χ2n) is 5.66. The number of benzene rings is 2. The van der Waals surface area contributed by atoms with E-state index in [9.17, 15) is 0 Å². The van der Waals surface area contributed by atoms with Gasteiger partial charge in [-0.3, -0.25) is 10.9 Å². The van der Waals surface area contributed by atoms with Gasteiger partial charge in [-0.1, -0.05) is 94.9 Å². The first-order chi connectivity index (χ1) is 12.3. The summed E-state index contributed by atoms with van der Waals surface area (Å²) in [6.07, 6.45) is 0. The van der Waals surface area contributed by atoms with Gasteiger partial charge in [-0.05, 0) is 0 Å². The first-order valence-corrected chi connectivity index (χ1v) is 9.89. The highest BCUT2D eigenvalue weighted by molar-refractivity contribution is 14.1. The maximum Gasteiger partial charge on any atom is 0.152 e. The molecule has 0 radical (unpaired) electrons. The summed E-state index contributed by atoms with van der Waals surface area (Å²) >= 11 is 9.19. The van der Waals surface area contributed by atoms with Crippen LogP contribution in [0.2, 0.25) is 0 Å². The minimum Gasteiger partial charge on any atom is -0.297 e. The van der Waals surface area contributed by atoms with Gasteiger partial charge in [-0.2, -0.15) is 5.10 Å². The number of rotatable bonds is 4. The largest absolute Gasteiger partial charge is 0.297 e. The molecule has 2 heterocycles. The molecule has 3 aromatic rings. The fraction of sp³-hybridized carbons (Fsp3) is 0.105. The number of aryl methyl sites for hydroxylation is 1. The lowest BCUT2D eigenvalue weighted by Gasteiger charge is -2.22. The molecule has 0 bridgehead atoms. The van der Waals surface area contributed by atoms with Gasteiger partial charge in [0, 0.05) is 15.6 Å². The van der Waals surface area contributed by atoms with Gasteiger partial charge in [0.05, 0.1) is 22.8 Å². The molecule has 2 aromatic carbocycles. The molecule has 0 unspecified atom stereocenters. The number of aromatic nitrogens is 2. The molecule has 4 rings (SSSR count). The third-order valence-corrected chi connectivity index (χ3v) is 4.96. The normalized spacial score (nSPS) is 13.2. The Morgan fingerprint density at radius 1 is 0.920 bits per heavy atom. The molecule has 0 atom stereocenters. The van der Waals surface area contributed by atoms with Gasteiger partial charge < -0.3 is 0 Å². The number of hydrogen-bond donors (Lipinski definition) is 2. The van der Waals surface area contributed by atoms with E-state index >= 15 is 0 Å². The molecule has 25 heavy (non-hydrogen) atoms. The van der Waals surface area contributed by atoms with Crippen molar-refractivity contribution in [3.8, 4) is 11.3 Å². The van der Waals surface area contributed by atoms with Crippen LogP contribution in [-0.4, -0.2) is 14.2 Å². The Kier molecular flexibility index (Phi) is 4.67. The second kappa shape index (κ2) is 7.09. The van der Waals surface area contributed by atoms with Crippen molar-refractivity contribution in [2.24, 2.45) is 0 Å². The number of nitrogens with zero attached hydrogens (tertiary/aromatic N) is 2. The summed E-state index contributed by atoms with van der Waals surface area (Å²) in [4.78, 5) is 0. The van der Waals surface area contributed by atoms with Crippen molar-refractivity contribution >= 4 is 50.7 Å². The molecule has 0 aliphatic carbocycles. The van der Waals surface area contributed by atoms with Crippen molar-refractivity contribution in [2.45, 2.75) is 6.54 Å². The molecule has 1 aliphatic rings. The van der Waals surface area contributed by atoms with E-state index in [0.717, 1.165) is 44.9 Å². The van der Waals surface area contributed by atoms with E-state index in [-0.39, 0.29) is 0 Å². The molecule has 0 saturated carbocycles. The third-order valence-electron chi connectivity index (χ3n) is 4.10. The summed E-state index contributed by atoms with van der Waals surface area (Å²) in [5.74, 6) is 0.903. The molecule has 1 aliphatic heterocycles. The summed E-state index contributed by atoms with van der Waals surface area (Å²) in [6, 6.07) is 20.2. The predicted octanol–water partition coefficient (Wildman–Crippen LogP) is 4.98. The quantitative estimate of drug-likeness (QED) is 0.424. The summed E-state index contributed by atoms with van der Waals surface area (Å²) in [7, 11) is 0. The fourth-order valence-electron chi connectivity index (χ4n) is 2.94. The smallest absolute Gasteiger partial charge is 0.152 e. The standard InChI is InChI=1S/C19H16ClIN4/c20-16-15-17(13-7-3-1-4-8-13)24-25(12-11-21)19(15)23-22-18(16)14-9-5-2-6-10-14/h1-10,22-23H,11-12H2. The minimum atomic E-state index is 0.679. The van der Waals surface area contributed by atoms with E-state index in [4.69, 9.17) is 16.7 Å². The van der Waals surface area contributed by atoms with E-state index in [1.54, 1.807) is 0 Å². The van der Waals surface area contributed by atoms with Crippen LogP contribution in [0.15, 0.2) is 60.7 Å². The van der Waals surface area contributed by atoms with Gasteiger partial charge in [0.15, 0.2) is 5.82 Å². The van der Waals surface area contributed by atoms with Crippen LogP contribution in [0.5, 0.6) is 0 Å². The van der Waals surface area contributed by atoms with Crippen LogP contribution >= 0.6 is 34.2 Å². The lowest BCUT2D eigenvalue weighted by molar-refractivity contribution is 0.675. The Labute approximate surface area is 165 Å². The van der Waals surface area contributed by atoms with Crippen LogP contribution in [-0.2, 0) is 6.54 Å². The average Bonchev–Trinajstić information content (AvgIpc) is 3.03. The van der Waals surface area contributed by atoms with Crippen molar-refractivity contribution in [3.05, 3.63) is 71.8 Å². The SMILES string of the molecule is ClC1=C(c2ccccc2)NNc2c1c(-c1ccccc1)nn2CCI. The van der Waals surface area contributed by atoms with E-state index in [1.165, 1.54) is 0 Å². The van der Waals surface area contributed by atoms with Gasteiger partial charge in [0.25, 0.3) is 0 Å². The number of hydrogen-bond acceptors (Lipinski definition) is 3. The van der Waals surface area contributed by atoms with Gasteiger partial charge in [-0.25, -0.2) is 4.68 Å². The number of nitrogens with one attached hydrogen (secondary N) is 2. The van der Waals surface area contributed by atoms with Crippen LogP contribution in [0, 0.1) is 0 Å². The van der Waals surface area contributed by atoms with Crippen LogP contribution in [0.3, 0.4) is 0 Å². The van der Waals surface area contributed by atoms with Crippen LogP contribution < -0.4 is 10.9 Å². The zero-order valence-corrected chi connectivity index (χ0v) is 16.3. The maximum absolute atomic E-state index is 6.84. The number of anilines is 1. The molecule has 0 spiro atoms. The lowest BCUT2D eigenvalue weighted by Crippen LogP contribution is -2.27. The second-order valence-corrected chi connectivity index (χ2v) is 7.11. The highest BCUT2D eigenvalue weighted by atomic mass is 127. The molecule has 1 aromatic heterocycles. The number of alkyl halides is 1. The summed E-state index contributed by atoms with van der Waals surface area (Å²) in [6.45, 7) is 0.815. The third kappa shape index (κ3) is 3.02. The maximum atomic E-state index is 6.84. The summed E-state index contributed by atoms with van der Waals surface area (Å²) in [5.41, 5.74) is 11.3. The van der Waals surface area contributed by atoms with Crippen LogP contribution in [0.1, 0.15) is 11.1 Å². The van der Waals surface area contributed by atoms with E-state index in [2.05, 4.69) is 45.6 Å². The number of hydrazine groups is 1. The average molecular weight is 463 g/mol. The molecule has 0 saturated heterocycles. The van der Waals surface area contributed by atoms with Crippen molar-refractivity contribution < 1.29 is 0 Å². The Balaban J connectivity index is 1.92. The number of halogens is 2. The summed E-state index contributed by atoms with van der Waals surface area (Å²) < 4.78 is 2.94. The summed E-state index contributed by atoms with van der Waals surface area (Å²) in [5, 5.41) is 5.50. The molecular weight excluding hydrogens is 447 g/mol. The van der Waals surface area contributed by atoms with Crippen LogP contribution in [0.4, 0.5) is 5.82 Å². The van der Waals surface area contributed by atoms with Crippen molar-refractivity contribution in [1.82, 2.24) is 15.2 Å². The molecular formula is C19H16ClIN4. The zero-order chi connectivity index (χ0) is 17.2. The van der Waals surface area contributed by atoms with Crippen LogP contribution in [0.25, 0.3) is 22.0 Å². The van der Waals surface area contributed by atoms with Crippen molar-refractivity contribution in [2.75, 3.05) is 9.85 Å². The molecule has 126 valence electrons. The van der Waals surface area contributed by atoms with Crippen molar-refractivity contribution in [1.29, 1.82) is 0 Å². The molecule has 0 fully saturated rings. The highest BCUT2D eigenvalue weighted by Crippen LogP contribution is 2.41. The first-order valence-electron chi connectivity index (χ1n) is 7.99. The lowest BCUT2D eigenvalue weighted by atomic mass is 10.0. The van der Waals surface area contributed by atoms with E-state index in [0.29, 0.717) is 5.03 Å². The number of fused-ring (bicyclic) bond motifs is 1. The highest BCUT2D eigenvalue weighted by Gasteiger charge is 2.27. The minimum absolute atomic E-state index is 0.679. The Morgan fingerprint density at radius 3 is 2.20 bits per heavy atom. The van der Waals surface area contributed by atoms with Gasteiger partial charge >= 0.3 is 0 Å². The monoisotopic (exact) mass is 462 g/mol. The molecule has 0 amide bonds. The molecule has 4 nitrogen and oxygen atoms in total. The molecule has 2 N–H and O–H groups in total.